The van der Waals surface area contributed by atoms with Crippen molar-refractivity contribution in [3.8, 4) is 11.5 Å². The fourth-order valence-electron chi connectivity index (χ4n) is 2.58. The van der Waals surface area contributed by atoms with Crippen LogP contribution in [0, 0.1) is 6.92 Å². The van der Waals surface area contributed by atoms with Gasteiger partial charge in [-0.1, -0.05) is 60.3 Å². The molecule has 1 aromatic heterocycles. The van der Waals surface area contributed by atoms with E-state index in [-0.39, 0.29) is 11.7 Å². The standard InChI is InChI=1S/C20H21N3O2S/c1-3-23(13-16-10-5-4-6-11-16)18(24)14-26-20-22-21-19(25-20)17-12-8-7-9-15(17)2/h4-12H,3,13-14H2,1-2H3. The van der Waals surface area contributed by atoms with Crippen LogP contribution in [0.25, 0.3) is 11.5 Å². The number of hydrogen-bond acceptors (Lipinski definition) is 5. The van der Waals surface area contributed by atoms with Crippen molar-refractivity contribution in [3.63, 3.8) is 0 Å². The van der Waals surface area contributed by atoms with Gasteiger partial charge in [0.25, 0.3) is 5.22 Å². The fraction of sp³-hybridized carbons (Fsp3) is 0.250. The van der Waals surface area contributed by atoms with E-state index < -0.39 is 0 Å². The third kappa shape index (κ3) is 4.52. The van der Waals surface area contributed by atoms with Gasteiger partial charge < -0.3 is 9.32 Å². The Morgan fingerprint density at radius 1 is 1.08 bits per heavy atom. The molecule has 0 unspecified atom stereocenters. The van der Waals surface area contributed by atoms with Crippen LogP contribution in [0.2, 0.25) is 0 Å². The lowest BCUT2D eigenvalue weighted by Crippen LogP contribution is -2.31. The van der Waals surface area contributed by atoms with Gasteiger partial charge in [-0.3, -0.25) is 4.79 Å². The fourth-order valence-corrected chi connectivity index (χ4v) is 3.25. The molecule has 5 nitrogen and oxygen atoms in total. The van der Waals surface area contributed by atoms with Crippen LogP contribution < -0.4 is 0 Å². The zero-order chi connectivity index (χ0) is 18.4. The van der Waals surface area contributed by atoms with E-state index in [1.165, 1.54) is 11.8 Å². The van der Waals surface area contributed by atoms with Gasteiger partial charge in [0.05, 0.1) is 5.75 Å². The molecule has 1 amide bonds. The van der Waals surface area contributed by atoms with Crippen molar-refractivity contribution in [2.45, 2.75) is 25.6 Å². The van der Waals surface area contributed by atoms with E-state index in [4.69, 9.17) is 4.42 Å². The molecule has 0 saturated carbocycles. The Labute approximate surface area is 157 Å². The summed E-state index contributed by atoms with van der Waals surface area (Å²) in [6.45, 7) is 5.24. The smallest absolute Gasteiger partial charge is 0.277 e. The topological polar surface area (TPSA) is 59.2 Å². The lowest BCUT2D eigenvalue weighted by atomic mass is 10.1. The van der Waals surface area contributed by atoms with Crippen molar-refractivity contribution in [3.05, 3.63) is 65.7 Å². The molecule has 0 radical (unpaired) electrons. The molecule has 0 aliphatic heterocycles. The molecule has 134 valence electrons. The third-order valence-electron chi connectivity index (χ3n) is 4.05. The van der Waals surface area contributed by atoms with Gasteiger partial charge in [0.2, 0.25) is 11.8 Å². The van der Waals surface area contributed by atoms with Crippen LogP contribution >= 0.6 is 11.8 Å². The summed E-state index contributed by atoms with van der Waals surface area (Å²) in [6, 6.07) is 17.8. The maximum Gasteiger partial charge on any atom is 0.277 e. The molecule has 0 aliphatic carbocycles. The highest BCUT2D eigenvalue weighted by Crippen LogP contribution is 2.25. The minimum Gasteiger partial charge on any atom is -0.411 e. The van der Waals surface area contributed by atoms with E-state index in [2.05, 4.69) is 10.2 Å². The Kier molecular flexibility index (Phi) is 6.07. The highest BCUT2D eigenvalue weighted by Gasteiger charge is 2.16. The Balaban J connectivity index is 1.60. The number of thioether (sulfide) groups is 1. The summed E-state index contributed by atoms with van der Waals surface area (Å²) in [4.78, 5) is 14.3. The molecule has 0 atom stereocenters. The number of carbonyl (C=O) groups excluding carboxylic acids is 1. The van der Waals surface area contributed by atoms with Crippen LogP contribution in [0.5, 0.6) is 0 Å². The second-order valence-electron chi connectivity index (χ2n) is 5.87. The predicted molar refractivity (Wildman–Crippen MR) is 103 cm³/mol. The first kappa shape index (κ1) is 18.2. The summed E-state index contributed by atoms with van der Waals surface area (Å²) in [6.07, 6.45) is 0. The van der Waals surface area contributed by atoms with Gasteiger partial charge in [-0.2, -0.15) is 0 Å². The van der Waals surface area contributed by atoms with Gasteiger partial charge in [0.15, 0.2) is 0 Å². The quantitative estimate of drug-likeness (QED) is 0.586. The molecular formula is C20H21N3O2S. The number of rotatable bonds is 7. The predicted octanol–water partition coefficient (Wildman–Crippen LogP) is 4.19. The van der Waals surface area contributed by atoms with Crippen molar-refractivity contribution in [2.24, 2.45) is 0 Å². The van der Waals surface area contributed by atoms with Gasteiger partial charge >= 0.3 is 0 Å². The maximum atomic E-state index is 12.5. The van der Waals surface area contributed by atoms with E-state index in [0.29, 0.717) is 24.2 Å². The first-order valence-corrected chi connectivity index (χ1v) is 9.50. The first-order valence-electron chi connectivity index (χ1n) is 8.51. The molecule has 1 heterocycles. The summed E-state index contributed by atoms with van der Waals surface area (Å²) in [5.74, 6) is 0.808. The number of amides is 1. The number of benzene rings is 2. The largest absolute Gasteiger partial charge is 0.411 e. The molecular weight excluding hydrogens is 346 g/mol. The second kappa shape index (κ2) is 8.67. The van der Waals surface area contributed by atoms with E-state index in [1.54, 1.807) is 0 Å². The van der Waals surface area contributed by atoms with Gasteiger partial charge in [0, 0.05) is 18.7 Å². The third-order valence-corrected chi connectivity index (χ3v) is 4.85. The lowest BCUT2D eigenvalue weighted by molar-refractivity contribution is -0.128. The summed E-state index contributed by atoms with van der Waals surface area (Å²) in [5.41, 5.74) is 3.11. The molecule has 0 bridgehead atoms. The molecule has 6 heteroatoms. The highest BCUT2D eigenvalue weighted by atomic mass is 32.2. The highest BCUT2D eigenvalue weighted by molar-refractivity contribution is 7.99. The minimum absolute atomic E-state index is 0.0528. The van der Waals surface area contributed by atoms with Crippen LogP contribution in [0.4, 0.5) is 0 Å². The van der Waals surface area contributed by atoms with Crippen molar-refractivity contribution in [2.75, 3.05) is 12.3 Å². The van der Waals surface area contributed by atoms with Crippen molar-refractivity contribution in [1.29, 1.82) is 0 Å². The van der Waals surface area contributed by atoms with Gasteiger partial charge in [0.1, 0.15) is 0 Å². The molecule has 0 spiro atoms. The summed E-state index contributed by atoms with van der Waals surface area (Å²) in [5, 5.41) is 8.56. The maximum absolute atomic E-state index is 12.5. The second-order valence-corrected chi connectivity index (χ2v) is 6.80. The summed E-state index contributed by atoms with van der Waals surface area (Å²) < 4.78 is 5.70. The van der Waals surface area contributed by atoms with Crippen LogP contribution in [0.1, 0.15) is 18.1 Å². The zero-order valence-electron chi connectivity index (χ0n) is 14.9. The molecule has 2 aromatic carbocycles. The number of hydrogen-bond donors (Lipinski definition) is 0. The average molecular weight is 367 g/mol. The minimum atomic E-state index is 0.0528. The van der Waals surface area contributed by atoms with E-state index in [1.807, 2.05) is 73.3 Å². The number of aryl methyl sites for hydroxylation is 1. The van der Waals surface area contributed by atoms with Crippen LogP contribution in [-0.4, -0.2) is 33.3 Å². The molecule has 0 saturated heterocycles. The molecule has 0 aliphatic rings. The molecule has 0 fully saturated rings. The zero-order valence-corrected chi connectivity index (χ0v) is 15.7. The SMILES string of the molecule is CCN(Cc1ccccc1)C(=O)CSc1nnc(-c2ccccc2C)o1. The van der Waals surface area contributed by atoms with Crippen LogP contribution in [0.15, 0.2) is 64.2 Å². The van der Waals surface area contributed by atoms with E-state index in [9.17, 15) is 4.79 Å². The lowest BCUT2D eigenvalue weighted by Gasteiger charge is -2.20. The van der Waals surface area contributed by atoms with Crippen molar-refractivity contribution in [1.82, 2.24) is 15.1 Å². The summed E-state index contributed by atoms with van der Waals surface area (Å²) >= 11 is 1.27. The molecule has 0 N–H and O–H groups in total. The van der Waals surface area contributed by atoms with Gasteiger partial charge in [-0.15, -0.1) is 10.2 Å². The molecule has 3 rings (SSSR count). The van der Waals surface area contributed by atoms with Crippen molar-refractivity contribution < 1.29 is 9.21 Å². The summed E-state index contributed by atoms with van der Waals surface area (Å²) in [7, 11) is 0. The van der Waals surface area contributed by atoms with Gasteiger partial charge in [-0.25, -0.2) is 0 Å². The molecule has 3 aromatic rings. The van der Waals surface area contributed by atoms with Crippen molar-refractivity contribution >= 4 is 17.7 Å². The van der Waals surface area contributed by atoms with E-state index >= 15 is 0 Å². The molecule has 26 heavy (non-hydrogen) atoms. The Hall–Kier alpha value is -2.60. The van der Waals surface area contributed by atoms with E-state index in [0.717, 1.165) is 16.7 Å². The Morgan fingerprint density at radius 2 is 1.81 bits per heavy atom. The Morgan fingerprint density at radius 3 is 2.54 bits per heavy atom. The Bertz CT molecular complexity index is 864. The number of aromatic nitrogens is 2. The average Bonchev–Trinajstić information content (AvgIpc) is 3.14. The number of carbonyl (C=O) groups is 1. The van der Waals surface area contributed by atoms with Gasteiger partial charge in [-0.05, 0) is 31.0 Å². The van der Waals surface area contributed by atoms with Crippen LogP contribution in [0.3, 0.4) is 0 Å². The van der Waals surface area contributed by atoms with Crippen LogP contribution in [-0.2, 0) is 11.3 Å². The normalized spacial score (nSPS) is 10.7. The monoisotopic (exact) mass is 367 g/mol. The first-order chi connectivity index (χ1) is 12.7. The number of nitrogens with zero attached hydrogens (tertiary/aromatic N) is 3.